The molecule has 2 unspecified atom stereocenters. The fourth-order valence-electron chi connectivity index (χ4n) is 1.34. The Morgan fingerprint density at radius 2 is 1.27 bits per heavy atom. The van der Waals surface area contributed by atoms with E-state index >= 15 is 0 Å². The van der Waals surface area contributed by atoms with Crippen molar-refractivity contribution in [3.05, 3.63) is 0 Å². The molecule has 0 spiro atoms. The average molecular weight is 443 g/mol. The largest absolute Gasteiger partial charge is 0.382 e. The average Bonchev–Trinajstić information content (AvgIpc) is 2.30. The molecule has 26 heavy (non-hydrogen) atoms. The fourth-order valence-corrected chi connectivity index (χ4v) is 2.39. The SMILES string of the molecule is CC(C(=O)OS(N)(=O)=O)C(O)(CC(=O)OS(N)(=O)=O)C(=O)OS(N)(=O)=O. The van der Waals surface area contributed by atoms with E-state index in [1.54, 1.807) is 0 Å². The predicted molar refractivity (Wildman–Crippen MR) is 76.3 cm³/mol. The van der Waals surface area contributed by atoms with Gasteiger partial charge in [-0.1, -0.05) is 0 Å². The Balaban J connectivity index is 5.90. The molecule has 2 atom stereocenters. The van der Waals surface area contributed by atoms with Crippen molar-refractivity contribution in [1.29, 1.82) is 0 Å². The zero-order valence-electron chi connectivity index (χ0n) is 12.6. The number of aliphatic hydroxyl groups is 1. The normalized spacial score (nSPS) is 16.0. The van der Waals surface area contributed by atoms with Crippen molar-refractivity contribution in [3.8, 4) is 0 Å². The van der Waals surface area contributed by atoms with Crippen LogP contribution in [0.4, 0.5) is 0 Å². The number of nitrogens with two attached hydrogens (primary N) is 3. The van der Waals surface area contributed by atoms with Crippen molar-refractivity contribution in [2.24, 2.45) is 21.3 Å². The number of carbonyl (C=O) groups is 3. The molecule has 0 aromatic carbocycles. The maximum atomic E-state index is 11.8. The molecule has 0 aromatic heterocycles. The topological polar surface area (TPSA) is 280 Å². The Kier molecular flexibility index (Phi) is 7.20. The monoisotopic (exact) mass is 443 g/mol. The lowest BCUT2D eigenvalue weighted by atomic mass is 9.86. The van der Waals surface area contributed by atoms with Crippen LogP contribution in [0.15, 0.2) is 0 Å². The van der Waals surface area contributed by atoms with E-state index in [9.17, 15) is 44.7 Å². The molecular formula is C7H13N3O13S3. The minimum absolute atomic E-state index is 0.585. The maximum Gasteiger partial charge on any atom is 0.382 e. The van der Waals surface area contributed by atoms with Crippen LogP contribution in [-0.4, -0.2) is 53.9 Å². The van der Waals surface area contributed by atoms with Gasteiger partial charge in [-0.25, -0.2) is 4.79 Å². The molecule has 0 saturated heterocycles. The smallest absolute Gasteiger partial charge is 0.377 e. The zero-order valence-corrected chi connectivity index (χ0v) is 15.0. The minimum Gasteiger partial charge on any atom is -0.377 e. The van der Waals surface area contributed by atoms with Crippen LogP contribution < -0.4 is 15.4 Å². The molecule has 0 heterocycles. The van der Waals surface area contributed by atoms with Crippen LogP contribution in [-0.2, 0) is 57.8 Å². The molecule has 7 N–H and O–H groups in total. The van der Waals surface area contributed by atoms with E-state index in [0.29, 0.717) is 6.92 Å². The van der Waals surface area contributed by atoms with E-state index in [1.165, 1.54) is 0 Å². The number of hydrogen-bond acceptors (Lipinski definition) is 13. The summed E-state index contributed by atoms with van der Waals surface area (Å²) >= 11 is 0. The highest BCUT2D eigenvalue weighted by Crippen LogP contribution is 2.26. The Morgan fingerprint density at radius 3 is 1.62 bits per heavy atom. The van der Waals surface area contributed by atoms with Crippen molar-refractivity contribution in [1.82, 2.24) is 0 Å². The van der Waals surface area contributed by atoms with Crippen LogP contribution in [0.3, 0.4) is 0 Å². The van der Waals surface area contributed by atoms with E-state index < -0.39 is 66.8 Å². The summed E-state index contributed by atoms with van der Waals surface area (Å²) in [6.07, 6.45) is -1.74. The quantitative estimate of drug-likeness (QED) is 0.273. The second-order valence-corrected chi connectivity index (χ2v) is 7.99. The molecule has 0 rings (SSSR count). The van der Waals surface area contributed by atoms with Gasteiger partial charge in [-0.05, 0) is 6.92 Å². The molecular weight excluding hydrogens is 430 g/mol. The number of hydrogen-bond donors (Lipinski definition) is 4. The van der Waals surface area contributed by atoms with Gasteiger partial charge in [0.2, 0.25) is 0 Å². The summed E-state index contributed by atoms with van der Waals surface area (Å²) < 4.78 is 75.2. The molecule has 0 aliphatic heterocycles. The van der Waals surface area contributed by atoms with Crippen LogP contribution in [0.2, 0.25) is 0 Å². The Labute approximate surface area is 146 Å². The first-order valence-electron chi connectivity index (χ1n) is 5.77. The lowest BCUT2D eigenvalue weighted by molar-refractivity contribution is -0.173. The predicted octanol–water partition coefficient (Wildman–Crippen LogP) is -5.02. The minimum atomic E-state index is -5.07. The van der Waals surface area contributed by atoms with Crippen LogP contribution in [0.5, 0.6) is 0 Å². The molecule has 19 heteroatoms. The van der Waals surface area contributed by atoms with Crippen LogP contribution in [0, 0.1) is 5.92 Å². The highest BCUT2D eigenvalue weighted by molar-refractivity contribution is 7.85. The Morgan fingerprint density at radius 1 is 0.885 bits per heavy atom. The third kappa shape index (κ3) is 8.46. The lowest BCUT2D eigenvalue weighted by Crippen LogP contribution is -2.52. The summed E-state index contributed by atoms with van der Waals surface area (Å²) in [5, 5.41) is 23.4. The van der Waals surface area contributed by atoms with Crippen molar-refractivity contribution in [2.75, 3.05) is 0 Å². The van der Waals surface area contributed by atoms with Gasteiger partial charge in [0.25, 0.3) is 0 Å². The van der Waals surface area contributed by atoms with Crippen molar-refractivity contribution >= 4 is 48.8 Å². The van der Waals surface area contributed by atoms with Crippen molar-refractivity contribution in [2.45, 2.75) is 18.9 Å². The van der Waals surface area contributed by atoms with Gasteiger partial charge in [0.1, 0.15) is 0 Å². The summed E-state index contributed by atoms with van der Waals surface area (Å²) in [5.74, 6) is -8.49. The molecule has 0 aromatic rings. The van der Waals surface area contributed by atoms with E-state index in [0.717, 1.165) is 0 Å². The Bertz CT molecular complexity index is 905. The van der Waals surface area contributed by atoms with Gasteiger partial charge in [0.05, 0.1) is 12.3 Å². The standard InChI is InChI=1S/C7H13N3O13S3/c1-3(5(12)22-25(9,17)18)7(14,6(13)23-26(10,19)20)2-4(11)21-24(8,15)16/h3,14H,2H2,1H3,(H2,8,15,16)(H2,9,17,18)(H2,10,19,20). The highest BCUT2D eigenvalue weighted by atomic mass is 32.2. The van der Waals surface area contributed by atoms with Gasteiger partial charge in [0, 0.05) is 0 Å². The van der Waals surface area contributed by atoms with E-state index in [2.05, 4.69) is 28.0 Å². The van der Waals surface area contributed by atoms with Gasteiger partial charge in [-0.15, -0.1) is 0 Å². The summed E-state index contributed by atoms with van der Waals surface area (Å²) in [4.78, 5) is 34.8. The maximum absolute atomic E-state index is 11.8. The van der Waals surface area contributed by atoms with Crippen LogP contribution in [0.25, 0.3) is 0 Å². The molecule has 0 aliphatic rings. The first-order chi connectivity index (χ1) is 11.3. The third-order valence-corrected chi connectivity index (χ3v) is 3.63. The van der Waals surface area contributed by atoms with Gasteiger partial charge >= 0.3 is 48.8 Å². The molecule has 16 nitrogen and oxygen atoms in total. The van der Waals surface area contributed by atoms with Crippen LogP contribution >= 0.6 is 0 Å². The zero-order chi connectivity index (χ0) is 21.1. The number of rotatable bonds is 8. The first-order valence-corrected chi connectivity index (χ1v) is 10.2. The van der Waals surface area contributed by atoms with Gasteiger partial charge in [0.15, 0.2) is 5.60 Å². The molecule has 0 amide bonds. The first kappa shape index (κ1) is 24.1. The van der Waals surface area contributed by atoms with Crippen molar-refractivity contribution < 1.29 is 57.3 Å². The molecule has 0 aliphatic carbocycles. The Hall–Kier alpha value is -1.90. The summed E-state index contributed by atoms with van der Waals surface area (Å²) in [6, 6.07) is 0. The molecule has 0 radical (unpaired) electrons. The van der Waals surface area contributed by atoms with E-state index in [4.69, 9.17) is 0 Å². The van der Waals surface area contributed by atoms with E-state index in [-0.39, 0.29) is 0 Å². The second-order valence-electron chi connectivity index (χ2n) is 4.53. The molecule has 0 bridgehead atoms. The van der Waals surface area contributed by atoms with E-state index in [1.807, 2.05) is 0 Å². The van der Waals surface area contributed by atoms with Gasteiger partial charge < -0.3 is 17.7 Å². The number of carbonyl (C=O) groups excluding carboxylic acids is 3. The second kappa shape index (κ2) is 7.77. The lowest BCUT2D eigenvalue weighted by Gasteiger charge is -2.28. The molecule has 0 saturated carbocycles. The molecule has 152 valence electrons. The van der Waals surface area contributed by atoms with Gasteiger partial charge in [-0.3, -0.25) is 9.59 Å². The van der Waals surface area contributed by atoms with Gasteiger partial charge in [-0.2, -0.15) is 40.7 Å². The summed E-state index contributed by atoms with van der Waals surface area (Å²) in [7, 11) is -14.9. The summed E-state index contributed by atoms with van der Waals surface area (Å²) in [6.45, 7) is 0.585. The van der Waals surface area contributed by atoms with Crippen molar-refractivity contribution in [3.63, 3.8) is 0 Å². The molecule has 0 fully saturated rings. The fraction of sp³-hybridized carbons (Fsp3) is 0.571. The van der Waals surface area contributed by atoms with Crippen LogP contribution in [0.1, 0.15) is 13.3 Å². The third-order valence-electron chi connectivity index (χ3n) is 2.44. The highest BCUT2D eigenvalue weighted by Gasteiger charge is 2.52. The summed E-state index contributed by atoms with van der Waals surface area (Å²) in [5.41, 5.74) is -3.50.